The highest BCUT2D eigenvalue weighted by Crippen LogP contribution is 2.25. The molecule has 3 N–H and O–H groups in total. The highest BCUT2D eigenvalue weighted by Gasteiger charge is 2.31. The van der Waals surface area contributed by atoms with Gasteiger partial charge in [0.2, 0.25) is 0 Å². The monoisotopic (exact) mass is 266 g/mol. The van der Waals surface area contributed by atoms with Crippen LogP contribution in [0.3, 0.4) is 0 Å². The molecule has 1 aromatic rings. The van der Waals surface area contributed by atoms with E-state index in [1.807, 2.05) is 0 Å². The topological polar surface area (TPSA) is 87.0 Å². The predicted molar refractivity (Wildman–Crippen MR) is 51.7 cm³/mol. The minimum absolute atomic E-state index is 0.0422. The fourth-order valence-corrected chi connectivity index (χ4v) is 1.18. The van der Waals surface area contributed by atoms with Gasteiger partial charge in [0.15, 0.2) is 6.10 Å². The van der Waals surface area contributed by atoms with Gasteiger partial charge in [-0.2, -0.15) is 0 Å². The van der Waals surface area contributed by atoms with Crippen LogP contribution in [0.25, 0.3) is 0 Å². The number of rotatable bonds is 4. The Bertz CT molecular complexity index is 415. The van der Waals surface area contributed by atoms with Crippen LogP contribution in [0, 0.1) is 0 Å². The molecule has 0 spiro atoms. The van der Waals surface area contributed by atoms with Crippen LogP contribution in [0.4, 0.5) is 13.2 Å². The molecule has 0 amide bonds. The smallest absolute Gasteiger partial charge is 0.479 e. The summed E-state index contributed by atoms with van der Waals surface area (Å²) in [6.45, 7) is 0. The molecule has 0 radical (unpaired) electrons. The second-order valence-electron chi connectivity index (χ2n) is 3.34. The first-order chi connectivity index (χ1) is 8.20. The molecule has 5 nitrogen and oxygen atoms in total. The van der Waals surface area contributed by atoms with Crippen LogP contribution >= 0.6 is 0 Å². The van der Waals surface area contributed by atoms with E-state index in [-0.39, 0.29) is 5.56 Å². The molecule has 0 aromatic heterocycles. The third-order valence-electron chi connectivity index (χ3n) is 2.01. The summed E-state index contributed by atoms with van der Waals surface area (Å²) in [6.07, 6.45) is -8.62. The number of hydrogen-bond donors (Lipinski definition) is 3. The molecule has 0 fully saturated rings. The van der Waals surface area contributed by atoms with E-state index in [0.717, 1.165) is 24.3 Å². The molecule has 8 heteroatoms. The van der Waals surface area contributed by atoms with Crippen LogP contribution in [0.1, 0.15) is 11.7 Å². The van der Waals surface area contributed by atoms with E-state index in [2.05, 4.69) is 4.74 Å². The number of aliphatic hydroxyl groups is 2. The third kappa shape index (κ3) is 3.90. The second-order valence-corrected chi connectivity index (χ2v) is 3.34. The average molecular weight is 266 g/mol. The molecule has 18 heavy (non-hydrogen) atoms. The number of carboxylic acid groups (broad SMARTS) is 1. The van der Waals surface area contributed by atoms with Gasteiger partial charge in [-0.25, -0.2) is 4.79 Å². The molecule has 0 aliphatic heterocycles. The molecule has 0 aliphatic carbocycles. The van der Waals surface area contributed by atoms with Gasteiger partial charge in [0, 0.05) is 0 Å². The molecule has 0 saturated carbocycles. The van der Waals surface area contributed by atoms with Crippen molar-refractivity contribution in [3.8, 4) is 5.75 Å². The summed E-state index contributed by atoms with van der Waals surface area (Å²) in [5, 5.41) is 26.9. The van der Waals surface area contributed by atoms with E-state index < -0.39 is 30.3 Å². The van der Waals surface area contributed by atoms with Gasteiger partial charge < -0.3 is 20.1 Å². The van der Waals surface area contributed by atoms with Crippen molar-refractivity contribution in [1.29, 1.82) is 0 Å². The SMILES string of the molecule is O=C(O)C(O)C(O)c1ccc(OC(F)(F)F)cc1. The number of aliphatic hydroxyl groups excluding tert-OH is 2. The number of halogens is 3. The quantitative estimate of drug-likeness (QED) is 0.758. The van der Waals surface area contributed by atoms with Crippen molar-refractivity contribution in [3.63, 3.8) is 0 Å². The van der Waals surface area contributed by atoms with Gasteiger partial charge in [-0.1, -0.05) is 12.1 Å². The number of carbonyl (C=O) groups is 1. The molecular weight excluding hydrogens is 257 g/mol. The zero-order valence-corrected chi connectivity index (χ0v) is 8.76. The average Bonchev–Trinajstić information content (AvgIpc) is 2.26. The first kappa shape index (κ1) is 14.3. The second kappa shape index (κ2) is 5.23. The summed E-state index contributed by atoms with van der Waals surface area (Å²) in [6, 6.07) is 3.86. The fraction of sp³-hybridized carbons (Fsp3) is 0.300. The van der Waals surface area contributed by atoms with Crippen molar-refractivity contribution in [3.05, 3.63) is 29.8 Å². The lowest BCUT2D eigenvalue weighted by molar-refractivity contribution is -0.274. The van der Waals surface area contributed by atoms with Crippen molar-refractivity contribution >= 4 is 5.97 Å². The van der Waals surface area contributed by atoms with Crippen LogP contribution < -0.4 is 4.74 Å². The molecule has 0 heterocycles. The Morgan fingerprint density at radius 2 is 1.67 bits per heavy atom. The number of benzene rings is 1. The number of alkyl halides is 3. The van der Waals surface area contributed by atoms with Crippen molar-refractivity contribution in [2.45, 2.75) is 18.6 Å². The Kier molecular flexibility index (Phi) is 4.15. The van der Waals surface area contributed by atoms with Crippen molar-refractivity contribution in [2.75, 3.05) is 0 Å². The van der Waals surface area contributed by atoms with Crippen LogP contribution in [-0.4, -0.2) is 33.8 Å². The molecule has 1 aromatic carbocycles. The number of carboxylic acids is 1. The maximum Gasteiger partial charge on any atom is 0.573 e. The Morgan fingerprint density at radius 1 is 1.17 bits per heavy atom. The minimum atomic E-state index is -4.83. The lowest BCUT2D eigenvalue weighted by Gasteiger charge is -2.15. The molecule has 0 aliphatic rings. The number of ether oxygens (including phenoxy) is 1. The standard InChI is InChI=1S/C10H9F3O5/c11-10(12,13)18-6-3-1-5(2-4-6)7(14)8(15)9(16)17/h1-4,7-8,14-15H,(H,16,17). The van der Waals surface area contributed by atoms with E-state index in [1.165, 1.54) is 0 Å². The van der Waals surface area contributed by atoms with Crippen molar-refractivity contribution in [2.24, 2.45) is 0 Å². The molecule has 0 bridgehead atoms. The van der Waals surface area contributed by atoms with Gasteiger partial charge in [-0.3, -0.25) is 0 Å². The van der Waals surface area contributed by atoms with Gasteiger partial charge in [0.1, 0.15) is 11.9 Å². The van der Waals surface area contributed by atoms with Gasteiger partial charge in [-0.05, 0) is 17.7 Å². The van der Waals surface area contributed by atoms with Crippen LogP contribution in [0.5, 0.6) is 5.75 Å². The molecule has 100 valence electrons. The Labute approximate surface area is 99.0 Å². The Balaban J connectivity index is 2.80. The van der Waals surface area contributed by atoms with Gasteiger partial charge >= 0.3 is 12.3 Å². The molecule has 2 unspecified atom stereocenters. The van der Waals surface area contributed by atoms with Crippen molar-refractivity contribution in [1.82, 2.24) is 0 Å². The number of aliphatic carboxylic acids is 1. The van der Waals surface area contributed by atoms with E-state index in [1.54, 1.807) is 0 Å². The predicted octanol–water partition coefficient (Wildman–Crippen LogP) is 1.06. The fourth-order valence-electron chi connectivity index (χ4n) is 1.18. The minimum Gasteiger partial charge on any atom is -0.479 e. The van der Waals surface area contributed by atoms with Gasteiger partial charge in [-0.15, -0.1) is 13.2 Å². The molecular formula is C10H9F3O5. The largest absolute Gasteiger partial charge is 0.573 e. The molecule has 2 atom stereocenters. The third-order valence-corrected chi connectivity index (χ3v) is 2.01. The van der Waals surface area contributed by atoms with Crippen LogP contribution in [-0.2, 0) is 4.79 Å². The maximum atomic E-state index is 11.8. The molecule has 0 saturated heterocycles. The summed E-state index contributed by atoms with van der Waals surface area (Å²) in [7, 11) is 0. The first-order valence-corrected chi connectivity index (χ1v) is 4.65. The maximum absolute atomic E-state index is 11.8. The summed E-state index contributed by atoms with van der Waals surface area (Å²) in [5.74, 6) is -2.15. The molecule has 1 rings (SSSR count). The first-order valence-electron chi connectivity index (χ1n) is 4.65. The van der Waals surface area contributed by atoms with Crippen LogP contribution in [0.15, 0.2) is 24.3 Å². The lowest BCUT2D eigenvalue weighted by Crippen LogP contribution is -2.27. The van der Waals surface area contributed by atoms with E-state index >= 15 is 0 Å². The lowest BCUT2D eigenvalue weighted by atomic mass is 10.0. The number of hydrogen-bond acceptors (Lipinski definition) is 4. The van der Waals surface area contributed by atoms with Crippen molar-refractivity contribution < 1.29 is 38.0 Å². The Hall–Kier alpha value is -1.80. The van der Waals surface area contributed by atoms with E-state index in [0.29, 0.717) is 0 Å². The van der Waals surface area contributed by atoms with E-state index in [9.17, 15) is 23.1 Å². The van der Waals surface area contributed by atoms with Crippen LogP contribution in [0.2, 0.25) is 0 Å². The highest BCUT2D eigenvalue weighted by molar-refractivity contribution is 5.73. The summed E-state index contributed by atoms with van der Waals surface area (Å²) < 4.78 is 39.1. The zero-order valence-electron chi connectivity index (χ0n) is 8.76. The summed E-state index contributed by atoms with van der Waals surface area (Å²) >= 11 is 0. The van der Waals surface area contributed by atoms with E-state index in [4.69, 9.17) is 10.2 Å². The van der Waals surface area contributed by atoms with Gasteiger partial charge in [0.05, 0.1) is 0 Å². The highest BCUT2D eigenvalue weighted by atomic mass is 19.4. The normalized spacial score (nSPS) is 14.9. The van der Waals surface area contributed by atoms with Gasteiger partial charge in [0.25, 0.3) is 0 Å². The zero-order chi connectivity index (χ0) is 13.9. The Morgan fingerprint density at radius 3 is 2.06 bits per heavy atom. The summed E-state index contributed by atoms with van der Waals surface area (Å²) in [5.41, 5.74) is -0.0422. The summed E-state index contributed by atoms with van der Waals surface area (Å²) in [4.78, 5) is 10.4.